The van der Waals surface area contributed by atoms with E-state index in [1.807, 2.05) is 13.8 Å². The Morgan fingerprint density at radius 2 is 2.14 bits per heavy atom. The average molecular weight is 413 g/mol. The molecule has 0 spiro atoms. The van der Waals surface area contributed by atoms with Crippen molar-refractivity contribution < 1.29 is 9.72 Å². The van der Waals surface area contributed by atoms with Crippen molar-refractivity contribution in [2.75, 3.05) is 10.6 Å². The minimum atomic E-state index is -0.590. The van der Waals surface area contributed by atoms with E-state index in [0.717, 1.165) is 4.88 Å². The third kappa shape index (κ3) is 4.89. The molecule has 10 nitrogen and oxygen atoms in total. The average Bonchev–Trinajstić information content (AvgIpc) is 3.07. The summed E-state index contributed by atoms with van der Waals surface area (Å²) in [5, 5.41) is 17.0. The fraction of sp³-hybridized carbons (Fsp3) is 0.222. The van der Waals surface area contributed by atoms with Crippen LogP contribution in [0.1, 0.15) is 19.0 Å². The number of carbonyl (C=O) groups is 1. The fourth-order valence-corrected chi connectivity index (χ4v) is 3.38. The van der Waals surface area contributed by atoms with Crippen molar-refractivity contribution in [2.45, 2.75) is 26.3 Å². The van der Waals surface area contributed by atoms with Crippen molar-refractivity contribution in [1.82, 2.24) is 15.0 Å². The second-order valence-corrected chi connectivity index (χ2v) is 7.13. The normalized spacial score (nSPS) is 11.7. The molecule has 150 valence electrons. The number of nitrogens with zero attached hydrogens (tertiary/aromatic N) is 4. The molecule has 0 saturated carbocycles. The highest BCUT2D eigenvalue weighted by atomic mass is 32.1. The highest BCUT2D eigenvalue weighted by molar-refractivity contribution is 7.19. The number of anilines is 3. The minimum absolute atomic E-state index is 0.0323. The third-order valence-corrected chi connectivity index (χ3v) is 5.10. The first-order valence-electron chi connectivity index (χ1n) is 8.76. The molecule has 4 N–H and O–H groups in total. The minimum Gasteiger partial charge on any atom is -0.324 e. The number of nitrogens with two attached hydrogens (primary N) is 1. The maximum atomic E-state index is 12.0. The van der Waals surface area contributed by atoms with Crippen LogP contribution in [0.5, 0.6) is 0 Å². The van der Waals surface area contributed by atoms with Crippen LogP contribution in [-0.2, 0) is 4.79 Å². The van der Waals surface area contributed by atoms with Gasteiger partial charge < -0.3 is 16.4 Å². The van der Waals surface area contributed by atoms with Gasteiger partial charge in [-0.1, -0.05) is 24.3 Å². The van der Waals surface area contributed by atoms with E-state index in [9.17, 15) is 14.9 Å². The highest BCUT2D eigenvalue weighted by Crippen LogP contribution is 2.32. The van der Waals surface area contributed by atoms with Crippen LogP contribution >= 0.6 is 11.3 Å². The van der Waals surface area contributed by atoms with Gasteiger partial charge in [-0.3, -0.25) is 14.9 Å². The van der Waals surface area contributed by atoms with E-state index in [-0.39, 0.29) is 17.5 Å². The molecule has 2 aromatic heterocycles. The molecule has 3 rings (SSSR count). The Hall–Kier alpha value is -3.44. The summed E-state index contributed by atoms with van der Waals surface area (Å²) >= 11 is 1.28. The number of nitro groups is 1. The predicted molar refractivity (Wildman–Crippen MR) is 111 cm³/mol. The predicted octanol–water partition coefficient (Wildman–Crippen LogP) is 3.24. The van der Waals surface area contributed by atoms with Crippen molar-refractivity contribution in [3.63, 3.8) is 0 Å². The van der Waals surface area contributed by atoms with Crippen LogP contribution in [0.4, 0.5) is 22.5 Å². The van der Waals surface area contributed by atoms with Gasteiger partial charge in [-0.05, 0) is 25.5 Å². The Morgan fingerprint density at radius 3 is 2.86 bits per heavy atom. The van der Waals surface area contributed by atoms with Crippen LogP contribution in [0.3, 0.4) is 0 Å². The number of rotatable bonds is 7. The lowest BCUT2D eigenvalue weighted by atomic mass is 10.2. The number of nitro benzene ring substituents is 1. The SMILES string of the molecule is CC[C@@H](N)C(=O)Nc1nc(C)c(-c2ccnc(Nc3cccc([N+](=O)[O-])c3)n2)s1. The number of benzene rings is 1. The van der Waals surface area contributed by atoms with Crippen LogP contribution in [0.25, 0.3) is 10.6 Å². The number of thiazole rings is 1. The van der Waals surface area contributed by atoms with Crippen molar-refractivity contribution >= 4 is 39.7 Å². The maximum Gasteiger partial charge on any atom is 0.271 e. The Morgan fingerprint density at radius 1 is 1.34 bits per heavy atom. The van der Waals surface area contributed by atoms with E-state index >= 15 is 0 Å². The first-order chi connectivity index (χ1) is 13.9. The van der Waals surface area contributed by atoms with Gasteiger partial charge in [0.1, 0.15) is 0 Å². The number of nitrogens with one attached hydrogen (secondary N) is 2. The first-order valence-corrected chi connectivity index (χ1v) is 9.57. The lowest BCUT2D eigenvalue weighted by molar-refractivity contribution is -0.384. The maximum absolute atomic E-state index is 12.0. The number of amides is 1. The van der Waals surface area contributed by atoms with E-state index in [2.05, 4.69) is 25.6 Å². The number of hydrogen-bond acceptors (Lipinski definition) is 9. The number of non-ortho nitro benzene ring substituents is 1. The van der Waals surface area contributed by atoms with Crippen molar-refractivity contribution in [1.29, 1.82) is 0 Å². The van der Waals surface area contributed by atoms with E-state index < -0.39 is 11.0 Å². The molecule has 29 heavy (non-hydrogen) atoms. The summed E-state index contributed by atoms with van der Waals surface area (Å²) in [6.07, 6.45) is 2.11. The molecule has 1 amide bonds. The molecular weight excluding hydrogens is 394 g/mol. The summed E-state index contributed by atoms with van der Waals surface area (Å²) in [7, 11) is 0. The zero-order chi connectivity index (χ0) is 21.0. The summed E-state index contributed by atoms with van der Waals surface area (Å²) in [4.78, 5) is 36.2. The van der Waals surface area contributed by atoms with Gasteiger partial charge in [-0.15, -0.1) is 0 Å². The molecule has 0 unspecified atom stereocenters. The molecule has 11 heteroatoms. The molecular formula is C18H19N7O3S. The second-order valence-electron chi connectivity index (χ2n) is 6.14. The quantitative estimate of drug-likeness (QED) is 0.395. The molecule has 0 saturated heterocycles. The van der Waals surface area contributed by atoms with Gasteiger partial charge in [0.15, 0.2) is 5.13 Å². The van der Waals surface area contributed by atoms with Gasteiger partial charge in [-0.2, -0.15) is 0 Å². The van der Waals surface area contributed by atoms with E-state index in [1.165, 1.54) is 23.5 Å². The van der Waals surface area contributed by atoms with Crippen molar-refractivity contribution in [2.24, 2.45) is 5.73 Å². The molecule has 2 heterocycles. The number of aromatic nitrogens is 3. The lowest BCUT2D eigenvalue weighted by Crippen LogP contribution is -2.34. The molecule has 0 bridgehead atoms. The van der Waals surface area contributed by atoms with Crippen molar-refractivity contribution in [3.05, 3.63) is 52.3 Å². The largest absolute Gasteiger partial charge is 0.324 e. The van der Waals surface area contributed by atoms with Gasteiger partial charge in [0.2, 0.25) is 11.9 Å². The number of aryl methyl sites for hydroxylation is 1. The van der Waals surface area contributed by atoms with E-state index in [1.54, 1.807) is 24.4 Å². The summed E-state index contributed by atoms with van der Waals surface area (Å²) in [5.74, 6) is -0.00194. The summed E-state index contributed by atoms with van der Waals surface area (Å²) in [5.41, 5.74) is 7.52. The molecule has 0 fully saturated rings. The zero-order valence-corrected chi connectivity index (χ0v) is 16.6. The molecule has 0 aliphatic carbocycles. The topological polar surface area (TPSA) is 149 Å². The zero-order valence-electron chi connectivity index (χ0n) is 15.7. The van der Waals surface area contributed by atoms with Crippen LogP contribution in [0, 0.1) is 17.0 Å². The Bertz CT molecular complexity index is 1050. The highest BCUT2D eigenvalue weighted by Gasteiger charge is 2.17. The van der Waals surface area contributed by atoms with Crippen LogP contribution in [0.2, 0.25) is 0 Å². The van der Waals surface area contributed by atoms with Crippen LogP contribution < -0.4 is 16.4 Å². The number of hydrogen-bond donors (Lipinski definition) is 3. The van der Waals surface area contributed by atoms with Gasteiger partial charge in [-0.25, -0.2) is 15.0 Å². The molecule has 0 aliphatic heterocycles. The standard InChI is InChI=1S/C18H19N7O3S/c1-3-13(19)16(26)24-18-21-10(2)15(29-18)14-7-8-20-17(23-14)22-11-5-4-6-12(9-11)25(27)28/h4-9,13H,3,19H2,1-2H3,(H,20,22,23)(H,21,24,26)/t13-/m1/s1. The Labute approximate surface area is 170 Å². The van der Waals surface area contributed by atoms with Crippen LogP contribution in [0.15, 0.2) is 36.5 Å². The Balaban J connectivity index is 1.82. The lowest BCUT2D eigenvalue weighted by Gasteiger charge is -2.07. The van der Waals surface area contributed by atoms with E-state index in [4.69, 9.17) is 5.73 Å². The Kier molecular flexibility index (Phi) is 6.10. The van der Waals surface area contributed by atoms with Gasteiger partial charge in [0, 0.05) is 24.0 Å². The van der Waals surface area contributed by atoms with Gasteiger partial charge >= 0.3 is 0 Å². The van der Waals surface area contributed by atoms with E-state index in [0.29, 0.717) is 28.6 Å². The molecule has 1 atom stereocenters. The first kappa shape index (κ1) is 20.3. The number of carbonyl (C=O) groups excluding carboxylic acids is 1. The third-order valence-electron chi connectivity index (χ3n) is 4.00. The fourth-order valence-electron chi connectivity index (χ4n) is 2.44. The summed E-state index contributed by atoms with van der Waals surface area (Å²) in [6, 6.07) is 7.21. The van der Waals surface area contributed by atoms with Gasteiger partial charge in [0.05, 0.1) is 27.2 Å². The summed E-state index contributed by atoms with van der Waals surface area (Å²) < 4.78 is 0. The molecule has 0 aliphatic rings. The van der Waals surface area contributed by atoms with Crippen molar-refractivity contribution in [3.8, 4) is 10.6 Å². The van der Waals surface area contributed by atoms with Gasteiger partial charge in [0.25, 0.3) is 5.69 Å². The monoisotopic (exact) mass is 413 g/mol. The summed E-state index contributed by atoms with van der Waals surface area (Å²) in [6.45, 7) is 3.65. The van der Waals surface area contributed by atoms with Crippen LogP contribution in [-0.4, -0.2) is 31.8 Å². The smallest absolute Gasteiger partial charge is 0.271 e. The molecule has 1 aromatic carbocycles. The molecule has 0 radical (unpaired) electrons. The molecule has 3 aromatic rings. The second kappa shape index (κ2) is 8.71.